The van der Waals surface area contributed by atoms with Crippen molar-refractivity contribution in [2.75, 3.05) is 0 Å². The number of nitrogens with one attached hydrogen (secondary N) is 1. The van der Waals surface area contributed by atoms with Gasteiger partial charge in [-0.15, -0.1) is 0 Å². The van der Waals surface area contributed by atoms with E-state index in [-0.39, 0.29) is 0 Å². The van der Waals surface area contributed by atoms with Gasteiger partial charge in [0, 0.05) is 12.6 Å². The van der Waals surface area contributed by atoms with Crippen LogP contribution in [0.2, 0.25) is 0 Å². The molecule has 0 aliphatic heterocycles. The molecule has 0 fully saturated rings. The number of hydrogen-bond acceptors (Lipinski definition) is 1. The second-order valence-corrected chi connectivity index (χ2v) is 4.57. The molecule has 0 amide bonds. The van der Waals surface area contributed by atoms with Gasteiger partial charge >= 0.3 is 0 Å². The topological polar surface area (TPSA) is 28.7 Å². The fraction of sp³-hybridized carbons (Fsp3) is 0.400. The van der Waals surface area contributed by atoms with Crippen LogP contribution in [0, 0.1) is 6.92 Å². The zero-order valence-corrected chi connectivity index (χ0v) is 10.7. The third-order valence-electron chi connectivity index (χ3n) is 2.96. The molecule has 0 saturated carbocycles. The Hall–Kier alpha value is -1.57. The fourth-order valence-electron chi connectivity index (χ4n) is 1.93. The highest BCUT2D eigenvalue weighted by atomic mass is 14.9. The van der Waals surface area contributed by atoms with Crippen LogP contribution in [0.3, 0.4) is 0 Å². The van der Waals surface area contributed by atoms with E-state index >= 15 is 0 Å². The van der Waals surface area contributed by atoms with Crippen molar-refractivity contribution in [3.05, 3.63) is 53.1 Å². The molecule has 0 bridgehead atoms. The van der Waals surface area contributed by atoms with Gasteiger partial charge in [-0.25, -0.2) is 4.98 Å². The van der Waals surface area contributed by atoms with Crippen molar-refractivity contribution in [2.45, 2.75) is 39.5 Å². The zero-order chi connectivity index (χ0) is 12.1. The number of aromatic amines is 1. The summed E-state index contributed by atoms with van der Waals surface area (Å²) in [4.78, 5) is 7.84. The molecule has 2 heteroatoms. The smallest absolute Gasteiger partial charge is 0.106 e. The Morgan fingerprint density at radius 1 is 1.06 bits per heavy atom. The monoisotopic (exact) mass is 228 g/mol. The van der Waals surface area contributed by atoms with Gasteiger partial charge in [0.1, 0.15) is 5.82 Å². The third kappa shape index (κ3) is 3.45. The summed E-state index contributed by atoms with van der Waals surface area (Å²) < 4.78 is 0. The number of H-pyrrole nitrogens is 1. The molecule has 0 atom stereocenters. The number of imidazole rings is 1. The van der Waals surface area contributed by atoms with Gasteiger partial charge in [0.25, 0.3) is 0 Å². The van der Waals surface area contributed by atoms with Gasteiger partial charge in [-0.2, -0.15) is 0 Å². The second-order valence-electron chi connectivity index (χ2n) is 4.57. The highest BCUT2D eigenvalue weighted by molar-refractivity contribution is 5.21. The molecular formula is C15H20N2. The predicted octanol–water partition coefficient (Wildman–Crippen LogP) is 3.46. The molecular weight excluding hydrogens is 208 g/mol. The Morgan fingerprint density at radius 2 is 1.82 bits per heavy atom. The van der Waals surface area contributed by atoms with E-state index in [1.165, 1.54) is 16.8 Å². The van der Waals surface area contributed by atoms with Gasteiger partial charge in [-0.05, 0) is 25.3 Å². The van der Waals surface area contributed by atoms with Crippen molar-refractivity contribution < 1.29 is 0 Å². The summed E-state index contributed by atoms with van der Waals surface area (Å²) in [7, 11) is 0. The van der Waals surface area contributed by atoms with Crippen LogP contribution in [-0.2, 0) is 19.3 Å². The minimum atomic E-state index is 0.993. The van der Waals surface area contributed by atoms with Gasteiger partial charge in [-0.3, -0.25) is 0 Å². The Labute approximate surface area is 103 Å². The lowest BCUT2D eigenvalue weighted by atomic mass is 10.1. The summed E-state index contributed by atoms with van der Waals surface area (Å²) >= 11 is 0. The van der Waals surface area contributed by atoms with Crippen molar-refractivity contribution in [3.8, 4) is 0 Å². The molecule has 0 aliphatic rings. The van der Waals surface area contributed by atoms with Crippen LogP contribution >= 0.6 is 0 Å². The lowest BCUT2D eigenvalue weighted by Gasteiger charge is -2.00. The normalized spacial score (nSPS) is 10.7. The first-order valence-corrected chi connectivity index (χ1v) is 6.36. The Bertz CT molecular complexity index is 454. The summed E-state index contributed by atoms with van der Waals surface area (Å²) in [5.74, 6) is 1.11. The largest absolute Gasteiger partial charge is 0.348 e. The van der Waals surface area contributed by atoms with Crippen LogP contribution < -0.4 is 0 Å². The molecule has 1 heterocycles. The fourth-order valence-corrected chi connectivity index (χ4v) is 1.93. The Morgan fingerprint density at radius 3 is 2.53 bits per heavy atom. The molecule has 1 aromatic carbocycles. The highest BCUT2D eigenvalue weighted by Gasteiger charge is 2.01. The van der Waals surface area contributed by atoms with E-state index < -0.39 is 0 Å². The van der Waals surface area contributed by atoms with Gasteiger partial charge in [0.05, 0.1) is 5.69 Å². The Kier molecular flexibility index (Phi) is 3.97. The van der Waals surface area contributed by atoms with Crippen LogP contribution in [0.1, 0.15) is 36.0 Å². The molecule has 0 aliphatic carbocycles. The molecule has 2 nitrogen and oxygen atoms in total. The average molecular weight is 228 g/mol. The maximum atomic E-state index is 4.58. The minimum Gasteiger partial charge on any atom is -0.348 e. The van der Waals surface area contributed by atoms with Crippen molar-refractivity contribution in [1.29, 1.82) is 0 Å². The van der Waals surface area contributed by atoms with Gasteiger partial charge < -0.3 is 4.98 Å². The number of aromatic nitrogens is 2. The van der Waals surface area contributed by atoms with E-state index in [2.05, 4.69) is 48.1 Å². The number of benzene rings is 1. The first kappa shape index (κ1) is 11.9. The maximum absolute atomic E-state index is 4.58. The number of hydrogen-bond donors (Lipinski definition) is 1. The molecule has 0 saturated heterocycles. The van der Waals surface area contributed by atoms with E-state index in [1.807, 2.05) is 6.20 Å². The predicted molar refractivity (Wildman–Crippen MR) is 71.2 cm³/mol. The lowest BCUT2D eigenvalue weighted by molar-refractivity contribution is 0.853. The van der Waals surface area contributed by atoms with E-state index in [0.717, 1.165) is 31.5 Å². The number of aryl methyl sites for hydroxylation is 4. The summed E-state index contributed by atoms with van der Waals surface area (Å²) in [5.41, 5.74) is 3.88. The average Bonchev–Trinajstić information content (AvgIpc) is 2.77. The van der Waals surface area contributed by atoms with Crippen LogP contribution in [0.25, 0.3) is 0 Å². The van der Waals surface area contributed by atoms with Gasteiger partial charge in [0.2, 0.25) is 0 Å². The summed E-state index contributed by atoms with van der Waals surface area (Å²) in [6, 6.07) is 8.73. The molecule has 17 heavy (non-hydrogen) atoms. The molecule has 2 aromatic rings. The SMILES string of the molecule is CCCc1c[nH]c(CCc2ccc(C)cc2)n1. The van der Waals surface area contributed by atoms with Crippen molar-refractivity contribution in [2.24, 2.45) is 0 Å². The van der Waals surface area contributed by atoms with Crippen LogP contribution in [0.4, 0.5) is 0 Å². The number of rotatable bonds is 5. The van der Waals surface area contributed by atoms with Crippen molar-refractivity contribution in [3.63, 3.8) is 0 Å². The number of nitrogens with zero attached hydrogens (tertiary/aromatic N) is 1. The van der Waals surface area contributed by atoms with E-state index in [9.17, 15) is 0 Å². The van der Waals surface area contributed by atoms with Crippen LogP contribution in [0.5, 0.6) is 0 Å². The standard InChI is InChI=1S/C15H20N2/c1-3-4-14-11-16-15(17-14)10-9-13-7-5-12(2)6-8-13/h5-8,11H,3-4,9-10H2,1-2H3,(H,16,17). The second kappa shape index (κ2) is 5.67. The Balaban J connectivity index is 1.90. The first-order valence-electron chi connectivity index (χ1n) is 6.36. The van der Waals surface area contributed by atoms with E-state index in [4.69, 9.17) is 0 Å². The van der Waals surface area contributed by atoms with Crippen LogP contribution in [0.15, 0.2) is 30.5 Å². The zero-order valence-electron chi connectivity index (χ0n) is 10.7. The molecule has 1 aromatic heterocycles. The molecule has 90 valence electrons. The van der Waals surface area contributed by atoms with Crippen molar-refractivity contribution in [1.82, 2.24) is 9.97 Å². The lowest BCUT2D eigenvalue weighted by Crippen LogP contribution is -1.94. The molecule has 0 unspecified atom stereocenters. The van der Waals surface area contributed by atoms with Gasteiger partial charge in [0.15, 0.2) is 0 Å². The van der Waals surface area contributed by atoms with Crippen molar-refractivity contribution >= 4 is 0 Å². The van der Waals surface area contributed by atoms with Gasteiger partial charge in [-0.1, -0.05) is 43.2 Å². The van der Waals surface area contributed by atoms with E-state index in [0.29, 0.717) is 0 Å². The first-order chi connectivity index (χ1) is 8.28. The highest BCUT2D eigenvalue weighted by Crippen LogP contribution is 2.07. The summed E-state index contributed by atoms with van der Waals surface area (Å²) in [6.45, 7) is 4.30. The quantitative estimate of drug-likeness (QED) is 0.834. The minimum absolute atomic E-state index is 0.993. The maximum Gasteiger partial charge on any atom is 0.106 e. The van der Waals surface area contributed by atoms with Crippen LogP contribution in [-0.4, -0.2) is 9.97 Å². The summed E-state index contributed by atoms with van der Waals surface area (Å²) in [6.07, 6.45) is 6.31. The molecule has 2 rings (SSSR count). The molecule has 0 radical (unpaired) electrons. The van der Waals surface area contributed by atoms with E-state index in [1.54, 1.807) is 0 Å². The molecule has 0 spiro atoms. The third-order valence-corrected chi connectivity index (χ3v) is 2.96. The summed E-state index contributed by atoms with van der Waals surface area (Å²) in [5, 5.41) is 0. The molecule has 1 N–H and O–H groups in total.